The molecule has 2 rings (SSSR count). The molecule has 0 radical (unpaired) electrons. The van der Waals surface area contributed by atoms with Crippen LogP contribution in [0.5, 0.6) is 0 Å². The van der Waals surface area contributed by atoms with Gasteiger partial charge >= 0.3 is 0 Å². The van der Waals surface area contributed by atoms with Crippen LogP contribution in [0.2, 0.25) is 0 Å². The number of hydrogen-bond donors (Lipinski definition) is 0. The zero-order valence-electron chi connectivity index (χ0n) is 10.4. The molecule has 0 spiro atoms. The summed E-state index contributed by atoms with van der Waals surface area (Å²) in [4.78, 5) is 2.28. The Morgan fingerprint density at radius 2 is 2.06 bits per heavy atom. The minimum Gasteiger partial charge on any atom is -0.293 e. The van der Waals surface area contributed by atoms with Gasteiger partial charge in [-0.05, 0) is 37.6 Å². The summed E-state index contributed by atoms with van der Waals surface area (Å²) in [7, 11) is 0. The second kappa shape index (κ2) is 3.80. The lowest BCUT2D eigenvalue weighted by molar-refractivity contribution is 0.130. The maximum Gasteiger partial charge on any atom is 0.270 e. The van der Waals surface area contributed by atoms with E-state index >= 15 is 0 Å². The molecule has 1 atom stereocenters. The van der Waals surface area contributed by atoms with Crippen LogP contribution < -0.4 is 0 Å². The van der Waals surface area contributed by atoms with Gasteiger partial charge < -0.3 is 0 Å². The van der Waals surface area contributed by atoms with E-state index in [0.29, 0.717) is 18.5 Å². The average Bonchev–Trinajstić information content (AvgIpc) is 2.55. The first kappa shape index (κ1) is 12.0. The zero-order chi connectivity index (χ0) is 12.0. The maximum absolute atomic E-state index is 12.7. The molecule has 0 unspecified atom stereocenters. The number of hydrogen-bond acceptors (Lipinski definition) is 1. The molecule has 0 bridgehead atoms. The van der Waals surface area contributed by atoms with Gasteiger partial charge in [-0.25, -0.2) is 0 Å². The molecule has 0 saturated carbocycles. The summed E-state index contributed by atoms with van der Waals surface area (Å²) < 4.78 is 25.4. The van der Waals surface area contributed by atoms with Crippen molar-refractivity contribution in [1.82, 2.24) is 4.90 Å². The van der Waals surface area contributed by atoms with E-state index in [1.54, 1.807) is 0 Å². The molecule has 3 heteroatoms. The zero-order valence-corrected chi connectivity index (χ0v) is 10.4. The van der Waals surface area contributed by atoms with E-state index in [1.807, 2.05) is 0 Å². The molecule has 92 valence electrons. The lowest BCUT2D eigenvalue weighted by Crippen LogP contribution is -2.41. The standard InChI is InChI=1S/C13H21F2N/c1-12(2,3)9-13-5-4-6-16(13)8-10(7-13)11(14)15/h4-9H2,1-3H3/t13-/m0/s1. The highest BCUT2D eigenvalue weighted by molar-refractivity contribution is 5.21. The smallest absolute Gasteiger partial charge is 0.270 e. The molecule has 0 amide bonds. The summed E-state index contributed by atoms with van der Waals surface area (Å²) in [5.41, 5.74) is 0.630. The molecule has 2 heterocycles. The van der Waals surface area contributed by atoms with Crippen molar-refractivity contribution in [3.05, 3.63) is 11.7 Å². The van der Waals surface area contributed by atoms with Gasteiger partial charge in [-0.15, -0.1) is 0 Å². The topological polar surface area (TPSA) is 3.24 Å². The highest BCUT2D eigenvalue weighted by Crippen LogP contribution is 2.48. The monoisotopic (exact) mass is 229 g/mol. The fraction of sp³-hybridized carbons (Fsp3) is 0.846. The molecular weight excluding hydrogens is 208 g/mol. The van der Waals surface area contributed by atoms with E-state index in [1.165, 1.54) is 0 Å². The normalized spacial score (nSPS) is 30.9. The van der Waals surface area contributed by atoms with Gasteiger partial charge in [-0.2, -0.15) is 8.78 Å². The van der Waals surface area contributed by atoms with Crippen LogP contribution in [0.4, 0.5) is 8.78 Å². The lowest BCUT2D eigenvalue weighted by Gasteiger charge is -2.37. The van der Waals surface area contributed by atoms with Crippen molar-refractivity contribution in [2.75, 3.05) is 13.1 Å². The highest BCUT2D eigenvalue weighted by atomic mass is 19.3. The van der Waals surface area contributed by atoms with Crippen LogP contribution in [0.25, 0.3) is 0 Å². The fourth-order valence-electron chi connectivity index (χ4n) is 3.50. The minimum atomic E-state index is -1.44. The Morgan fingerprint density at radius 3 is 2.62 bits per heavy atom. The van der Waals surface area contributed by atoms with Crippen LogP contribution in [0.1, 0.15) is 46.5 Å². The Kier molecular flexibility index (Phi) is 2.85. The SMILES string of the molecule is CC(C)(C)C[C@@]12CCCN1CC(=C(F)F)C2. The molecule has 2 aliphatic rings. The summed E-state index contributed by atoms with van der Waals surface area (Å²) in [5, 5.41) is 0. The molecule has 0 aliphatic carbocycles. The van der Waals surface area contributed by atoms with Crippen molar-refractivity contribution < 1.29 is 8.78 Å². The predicted octanol–water partition coefficient (Wildman–Crippen LogP) is 3.81. The molecule has 0 aromatic rings. The molecule has 1 nitrogen and oxygen atoms in total. The van der Waals surface area contributed by atoms with Gasteiger partial charge in [0.05, 0.1) is 0 Å². The summed E-state index contributed by atoms with van der Waals surface area (Å²) >= 11 is 0. The maximum atomic E-state index is 12.7. The summed E-state index contributed by atoms with van der Waals surface area (Å²) in [6.07, 6.45) is 2.42. The summed E-state index contributed by atoms with van der Waals surface area (Å²) in [5.74, 6) is 0. The molecule has 16 heavy (non-hydrogen) atoms. The van der Waals surface area contributed by atoms with E-state index in [0.717, 1.165) is 25.8 Å². The van der Waals surface area contributed by atoms with Crippen molar-refractivity contribution in [2.24, 2.45) is 5.41 Å². The van der Waals surface area contributed by atoms with E-state index in [4.69, 9.17) is 0 Å². The lowest BCUT2D eigenvalue weighted by atomic mass is 9.77. The van der Waals surface area contributed by atoms with Crippen LogP contribution in [0, 0.1) is 5.41 Å². The molecular formula is C13H21F2N. The first-order chi connectivity index (χ1) is 7.32. The quantitative estimate of drug-likeness (QED) is 0.661. The number of rotatable bonds is 1. The van der Waals surface area contributed by atoms with Crippen LogP contribution in [0.15, 0.2) is 11.7 Å². The number of nitrogens with zero attached hydrogens (tertiary/aromatic N) is 1. The molecule has 0 aromatic heterocycles. The Balaban J connectivity index is 2.21. The Hall–Kier alpha value is -0.440. The van der Waals surface area contributed by atoms with Crippen molar-refractivity contribution in [2.45, 2.75) is 52.0 Å². The molecule has 2 fully saturated rings. The van der Waals surface area contributed by atoms with Gasteiger partial charge in [0.1, 0.15) is 0 Å². The minimum absolute atomic E-state index is 0.0387. The Labute approximate surface area is 96.5 Å². The van der Waals surface area contributed by atoms with Crippen molar-refractivity contribution in [3.63, 3.8) is 0 Å². The predicted molar refractivity (Wildman–Crippen MR) is 61.5 cm³/mol. The highest BCUT2D eigenvalue weighted by Gasteiger charge is 2.48. The molecule has 2 aliphatic heterocycles. The second-order valence-corrected chi connectivity index (χ2v) is 6.53. The second-order valence-electron chi connectivity index (χ2n) is 6.53. The summed E-state index contributed by atoms with van der Waals surface area (Å²) in [6.45, 7) is 8.09. The van der Waals surface area contributed by atoms with Gasteiger partial charge in [-0.3, -0.25) is 4.90 Å². The van der Waals surface area contributed by atoms with E-state index in [-0.39, 0.29) is 11.0 Å². The number of halogens is 2. The van der Waals surface area contributed by atoms with Gasteiger partial charge in [0, 0.05) is 17.7 Å². The third-order valence-corrected chi connectivity index (χ3v) is 3.79. The Bertz CT molecular complexity index is 312. The van der Waals surface area contributed by atoms with Gasteiger partial charge in [0.15, 0.2) is 0 Å². The number of fused-ring (bicyclic) bond motifs is 1. The van der Waals surface area contributed by atoms with Gasteiger partial charge in [0.2, 0.25) is 0 Å². The molecule has 0 N–H and O–H groups in total. The fourth-order valence-corrected chi connectivity index (χ4v) is 3.50. The van der Waals surface area contributed by atoms with E-state index in [9.17, 15) is 8.78 Å². The van der Waals surface area contributed by atoms with Crippen molar-refractivity contribution in [3.8, 4) is 0 Å². The molecule has 0 aromatic carbocycles. The Morgan fingerprint density at radius 1 is 1.38 bits per heavy atom. The van der Waals surface area contributed by atoms with Crippen molar-refractivity contribution >= 4 is 0 Å². The first-order valence-corrected chi connectivity index (χ1v) is 6.11. The first-order valence-electron chi connectivity index (χ1n) is 6.11. The van der Waals surface area contributed by atoms with Crippen molar-refractivity contribution in [1.29, 1.82) is 0 Å². The summed E-state index contributed by atoms with van der Waals surface area (Å²) in [6, 6.07) is 0. The third kappa shape index (κ3) is 2.15. The van der Waals surface area contributed by atoms with Crippen LogP contribution in [-0.4, -0.2) is 23.5 Å². The van der Waals surface area contributed by atoms with Crippen LogP contribution >= 0.6 is 0 Å². The molecule has 2 saturated heterocycles. The van der Waals surface area contributed by atoms with Gasteiger partial charge in [0.25, 0.3) is 6.08 Å². The van der Waals surface area contributed by atoms with E-state index < -0.39 is 6.08 Å². The van der Waals surface area contributed by atoms with Gasteiger partial charge in [-0.1, -0.05) is 20.8 Å². The van der Waals surface area contributed by atoms with Crippen LogP contribution in [0.3, 0.4) is 0 Å². The van der Waals surface area contributed by atoms with E-state index in [2.05, 4.69) is 25.7 Å². The largest absolute Gasteiger partial charge is 0.293 e. The van der Waals surface area contributed by atoms with Crippen LogP contribution in [-0.2, 0) is 0 Å². The third-order valence-electron chi connectivity index (χ3n) is 3.79. The average molecular weight is 229 g/mol.